The lowest BCUT2D eigenvalue weighted by Crippen LogP contribution is -2.11. The Labute approximate surface area is 111 Å². The molecule has 6 heteroatoms. The van der Waals surface area contributed by atoms with Gasteiger partial charge in [0.2, 0.25) is 0 Å². The zero-order valence-corrected chi connectivity index (χ0v) is 11.2. The summed E-state index contributed by atoms with van der Waals surface area (Å²) in [4.78, 5) is 15.7. The third-order valence-electron chi connectivity index (χ3n) is 2.05. The Balaban J connectivity index is 2.21. The molecule has 0 atom stereocenters. The van der Waals surface area contributed by atoms with E-state index in [-0.39, 0.29) is 11.1 Å². The number of hydrogen-bond donors (Lipinski definition) is 1. The van der Waals surface area contributed by atoms with Crippen LogP contribution in [0.25, 0.3) is 0 Å². The number of carbonyl (C=O) groups excluding carboxylic acids is 1. The average molecular weight is 316 g/mol. The minimum absolute atomic E-state index is 0.238. The van der Waals surface area contributed by atoms with Gasteiger partial charge in [0.15, 0.2) is 5.15 Å². The molecule has 0 saturated carbocycles. The maximum Gasteiger partial charge on any atom is 0.259 e. The summed E-state index contributed by atoms with van der Waals surface area (Å²) in [6, 6.07) is 3.33. The van der Waals surface area contributed by atoms with Gasteiger partial charge in [0, 0.05) is 10.7 Å². The van der Waals surface area contributed by atoms with E-state index in [1.165, 1.54) is 6.26 Å². The van der Waals surface area contributed by atoms with Gasteiger partial charge in [0.05, 0.1) is 11.3 Å². The molecule has 0 spiro atoms. The first kappa shape index (κ1) is 12.1. The molecule has 4 nitrogen and oxygen atoms in total. The summed E-state index contributed by atoms with van der Waals surface area (Å²) in [7, 11) is 0. The zero-order chi connectivity index (χ0) is 12.4. The van der Waals surface area contributed by atoms with Crippen molar-refractivity contribution in [3.63, 3.8) is 0 Å². The smallest absolute Gasteiger partial charge is 0.259 e. The van der Waals surface area contributed by atoms with Crippen LogP contribution in [0, 0.1) is 6.92 Å². The molecule has 1 amide bonds. The van der Waals surface area contributed by atoms with Crippen molar-refractivity contribution in [2.24, 2.45) is 0 Å². The molecule has 0 radical (unpaired) electrons. The highest BCUT2D eigenvalue weighted by atomic mass is 79.9. The van der Waals surface area contributed by atoms with Gasteiger partial charge in [-0.25, -0.2) is 4.98 Å². The van der Waals surface area contributed by atoms with Gasteiger partial charge in [-0.1, -0.05) is 11.6 Å². The summed E-state index contributed by atoms with van der Waals surface area (Å²) in [5, 5.41) is 2.90. The number of halogens is 2. The fourth-order valence-electron chi connectivity index (χ4n) is 1.27. The van der Waals surface area contributed by atoms with E-state index in [0.29, 0.717) is 17.0 Å². The van der Waals surface area contributed by atoms with Crippen molar-refractivity contribution in [2.75, 3.05) is 5.32 Å². The molecular formula is C11H8BrClN2O2. The summed E-state index contributed by atoms with van der Waals surface area (Å²) < 4.78 is 5.80. The minimum atomic E-state index is -0.288. The zero-order valence-electron chi connectivity index (χ0n) is 8.83. The number of anilines is 1. The lowest BCUT2D eigenvalue weighted by Gasteiger charge is -2.05. The van der Waals surface area contributed by atoms with Crippen molar-refractivity contribution in [2.45, 2.75) is 6.92 Å². The van der Waals surface area contributed by atoms with Crippen molar-refractivity contribution < 1.29 is 9.21 Å². The van der Waals surface area contributed by atoms with Gasteiger partial charge < -0.3 is 9.73 Å². The van der Waals surface area contributed by atoms with Gasteiger partial charge >= 0.3 is 0 Å². The molecule has 1 N–H and O–H groups in total. The number of furan rings is 1. The van der Waals surface area contributed by atoms with Crippen LogP contribution >= 0.6 is 27.5 Å². The lowest BCUT2D eigenvalue weighted by atomic mass is 10.3. The molecule has 0 aliphatic heterocycles. The second kappa shape index (κ2) is 4.89. The maximum atomic E-state index is 11.8. The summed E-state index contributed by atoms with van der Waals surface area (Å²) in [6.45, 7) is 1.77. The van der Waals surface area contributed by atoms with Crippen molar-refractivity contribution in [3.8, 4) is 0 Å². The van der Waals surface area contributed by atoms with Gasteiger partial charge in [-0.05, 0) is 35.0 Å². The first-order chi connectivity index (χ1) is 8.06. The van der Waals surface area contributed by atoms with Crippen molar-refractivity contribution in [1.29, 1.82) is 0 Å². The first-order valence-corrected chi connectivity index (χ1v) is 5.91. The Bertz CT molecular complexity index is 568. The third-order valence-corrected chi connectivity index (χ3v) is 2.78. The van der Waals surface area contributed by atoms with Crippen LogP contribution in [0.15, 0.2) is 33.5 Å². The molecule has 0 aromatic carbocycles. The van der Waals surface area contributed by atoms with E-state index in [2.05, 4.69) is 26.2 Å². The highest BCUT2D eigenvalue weighted by Gasteiger charge is 2.11. The van der Waals surface area contributed by atoms with E-state index in [1.807, 2.05) is 0 Å². The molecule has 0 aliphatic rings. The molecule has 88 valence electrons. The van der Waals surface area contributed by atoms with E-state index < -0.39 is 0 Å². The topological polar surface area (TPSA) is 55.1 Å². The summed E-state index contributed by atoms with van der Waals surface area (Å²) in [6.07, 6.45) is 2.95. The molecule has 2 heterocycles. The van der Waals surface area contributed by atoms with Crippen LogP contribution in [0.2, 0.25) is 5.15 Å². The molecule has 0 aliphatic carbocycles. The SMILES string of the molecule is Cc1cc(C(=O)Nc2cc(Br)cnc2Cl)co1. The number of carbonyl (C=O) groups is 1. The fourth-order valence-corrected chi connectivity index (χ4v) is 1.75. The summed E-state index contributed by atoms with van der Waals surface area (Å²) in [5.74, 6) is 0.386. The second-order valence-corrected chi connectivity index (χ2v) is 4.67. The predicted octanol–water partition coefficient (Wildman–Crippen LogP) is 3.65. The number of pyridine rings is 1. The number of amides is 1. The highest BCUT2D eigenvalue weighted by Crippen LogP contribution is 2.23. The van der Waals surface area contributed by atoms with E-state index in [1.54, 1.807) is 25.3 Å². The van der Waals surface area contributed by atoms with Crippen LogP contribution in [-0.4, -0.2) is 10.9 Å². The quantitative estimate of drug-likeness (QED) is 0.861. The lowest BCUT2D eigenvalue weighted by molar-refractivity contribution is 0.102. The number of nitrogens with one attached hydrogen (secondary N) is 1. The third kappa shape index (κ3) is 2.87. The number of rotatable bonds is 2. The van der Waals surface area contributed by atoms with Crippen molar-refractivity contribution in [1.82, 2.24) is 4.98 Å². The molecule has 0 bridgehead atoms. The molecule has 0 saturated heterocycles. The predicted molar refractivity (Wildman–Crippen MR) is 68.3 cm³/mol. The number of aryl methyl sites for hydroxylation is 1. The molecule has 2 aromatic rings. The van der Waals surface area contributed by atoms with Gasteiger partial charge in [-0.15, -0.1) is 0 Å². The fraction of sp³-hybridized carbons (Fsp3) is 0.0909. The van der Waals surface area contributed by atoms with Gasteiger partial charge in [0.25, 0.3) is 5.91 Å². The van der Waals surface area contributed by atoms with Crippen LogP contribution in [0.1, 0.15) is 16.1 Å². The Morgan fingerprint density at radius 1 is 1.53 bits per heavy atom. The average Bonchev–Trinajstić information content (AvgIpc) is 2.70. The summed E-state index contributed by atoms with van der Waals surface area (Å²) in [5.41, 5.74) is 0.892. The first-order valence-electron chi connectivity index (χ1n) is 4.74. The van der Waals surface area contributed by atoms with Crippen LogP contribution < -0.4 is 5.32 Å². The van der Waals surface area contributed by atoms with Crippen LogP contribution in [0.5, 0.6) is 0 Å². The highest BCUT2D eigenvalue weighted by molar-refractivity contribution is 9.10. The van der Waals surface area contributed by atoms with Crippen molar-refractivity contribution in [3.05, 3.63) is 45.5 Å². The molecular weight excluding hydrogens is 307 g/mol. The number of hydrogen-bond acceptors (Lipinski definition) is 3. The monoisotopic (exact) mass is 314 g/mol. The standard InChI is InChI=1S/C11H8BrClN2O2/c1-6-2-7(5-17-6)11(16)15-9-3-8(12)4-14-10(9)13/h2-5H,1H3,(H,15,16). The van der Waals surface area contributed by atoms with Crippen LogP contribution in [-0.2, 0) is 0 Å². The van der Waals surface area contributed by atoms with E-state index in [4.69, 9.17) is 16.0 Å². The Kier molecular flexibility index (Phi) is 3.49. The summed E-state index contributed by atoms with van der Waals surface area (Å²) >= 11 is 9.12. The molecule has 0 unspecified atom stereocenters. The van der Waals surface area contributed by atoms with Crippen LogP contribution in [0.4, 0.5) is 5.69 Å². The van der Waals surface area contributed by atoms with Gasteiger partial charge in [-0.2, -0.15) is 0 Å². The molecule has 17 heavy (non-hydrogen) atoms. The van der Waals surface area contributed by atoms with E-state index in [0.717, 1.165) is 4.47 Å². The number of aromatic nitrogens is 1. The van der Waals surface area contributed by atoms with Crippen molar-refractivity contribution >= 4 is 39.1 Å². The van der Waals surface area contributed by atoms with Gasteiger partial charge in [0.1, 0.15) is 12.0 Å². The Morgan fingerprint density at radius 2 is 2.29 bits per heavy atom. The van der Waals surface area contributed by atoms with Crippen LogP contribution in [0.3, 0.4) is 0 Å². The van der Waals surface area contributed by atoms with Gasteiger partial charge in [-0.3, -0.25) is 4.79 Å². The number of nitrogens with zero attached hydrogens (tertiary/aromatic N) is 1. The molecule has 2 rings (SSSR count). The molecule has 0 fully saturated rings. The largest absolute Gasteiger partial charge is 0.469 e. The normalized spacial score (nSPS) is 10.3. The molecule has 2 aromatic heterocycles. The second-order valence-electron chi connectivity index (χ2n) is 3.39. The minimum Gasteiger partial charge on any atom is -0.469 e. The Morgan fingerprint density at radius 3 is 2.94 bits per heavy atom. The van der Waals surface area contributed by atoms with E-state index in [9.17, 15) is 4.79 Å². The van der Waals surface area contributed by atoms with E-state index >= 15 is 0 Å². The maximum absolute atomic E-state index is 11.8. The Hall–Kier alpha value is -1.33.